The molecule has 3 rings (SSSR count). The van der Waals surface area contributed by atoms with Crippen LogP contribution in [0.5, 0.6) is 0 Å². The van der Waals surface area contributed by atoms with Gasteiger partial charge in [-0.3, -0.25) is 4.79 Å². The van der Waals surface area contributed by atoms with E-state index in [1.54, 1.807) is 0 Å². The van der Waals surface area contributed by atoms with Crippen LogP contribution in [-0.4, -0.2) is 26.6 Å². The highest BCUT2D eigenvalue weighted by Crippen LogP contribution is 2.25. The molecule has 0 saturated heterocycles. The average molecular weight is 258 g/mol. The maximum Gasteiger partial charge on any atom is 0.159 e. The average Bonchev–Trinajstić information content (AvgIpc) is 2.85. The molecule has 0 amide bonds. The van der Waals surface area contributed by atoms with Gasteiger partial charge >= 0.3 is 0 Å². The zero-order valence-corrected chi connectivity index (χ0v) is 11.1. The second-order valence-electron chi connectivity index (χ2n) is 5.01. The van der Waals surface area contributed by atoms with Crippen LogP contribution in [0.1, 0.15) is 32.6 Å². The highest BCUT2D eigenvalue weighted by molar-refractivity contribution is 5.88. The van der Waals surface area contributed by atoms with Gasteiger partial charge in [0.15, 0.2) is 5.65 Å². The summed E-state index contributed by atoms with van der Waals surface area (Å²) in [4.78, 5) is 15.6. The zero-order chi connectivity index (χ0) is 13.2. The third-order valence-corrected chi connectivity index (χ3v) is 3.74. The number of nitrogens with zero attached hydrogens (tertiary/aromatic N) is 3. The first-order valence-electron chi connectivity index (χ1n) is 6.86. The number of anilines is 1. The lowest BCUT2D eigenvalue weighted by molar-refractivity contribution is -0.120. The predicted molar refractivity (Wildman–Crippen MR) is 74.1 cm³/mol. The fourth-order valence-corrected chi connectivity index (χ4v) is 2.64. The van der Waals surface area contributed by atoms with Gasteiger partial charge in [-0.1, -0.05) is 0 Å². The lowest BCUT2D eigenvalue weighted by Gasteiger charge is -2.23. The highest BCUT2D eigenvalue weighted by atomic mass is 16.1. The van der Waals surface area contributed by atoms with Crippen LogP contribution in [0.3, 0.4) is 0 Å². The van der Waals surface area contributed by atoms with Crippen LogP contribution in [0.4, 0.5) is 5.69 Å². The van der Waals surface area contributed by atoms with Gasteiger partial charge in [-0.25, -0.2) is 9.67 Å². The van der Waals surface area contributed by atoms with Crippen molar-refractivity contribution >= 4 is 22.5 Å². The summed E-state index contributed by atoms with van der Waals surface area (Å²) < 4.78 is 1.89. The molecule has 0 aromatic carbocycles. The van der Waals surface area contributed by atoms with Gasteiger partial charge in [-0.2, -0.15) is 5.10 Å². The van der Waals surface area contributed by atoms with E-state index in [1.165, 1.54) is 0 Å². The van der Waals surface area contributed by atoms with Gasteiger partial charge in [0.05, 0.1) is 11.6 Å². The summed E-state index contributed by atoms with van der Waals surface area (Å²) >= 11 is 0. The molecule has 0 aliphatic heterocycles. The third kappa shape index (κ3) is 2.32. The van der Waals surface area contributed by atoms with E-state index < -0.39 is 0 Å². The maximum atomic E-state index is 11.3. The van der Waals surface area contributed by atoms with Gasteiger partial charge < -0.3 is 5.32 Å². The number of Topliss-reactive ketones (excluding diaryl/α,β-unsaturated/α-hetero) is 1. The van der Waals surface area contributed by atoms with Gasteiger partial charge in [-0.05, 0) is 25.8 Å². The summed E-state index contributed by atoms with van der Waals surface area (Å²) in [5, 5.41) is 8.93. The second kappa shape index (κ2) is 4.99. The molecule has 1 fully saturated rings. The number of fused-ring (bicyclic) bond motifs is 1. The van der Waals surface area contributed by atoms with Crippen molar-refractivity contribution in [3.8, 4) is 0 Å². The molecular formula is C14H18N4O. The first kappa shape index (κ1) is 12.1. The van der Waals surface area contributed by atoms with Crippen LogP contribution >= 0.6 is 0 Å². The number of aromatic nitrogens is 3. The molecule has 5 nitrogen and oxygen atoms in total. The molecule has 1 aliphatic carbocycles. The minimum atomic E-state index is 0.383. The number of ketones is 1. The van der Waals surface area contributed by atoms with E-state index in [2.05, 4.69) is 22.3 Å². The Bertz CT molecular complexity index is 595. The molecule has 2 aromatic heterocycles. The molecule has 0 unspecified atom stereocenters. The Kier molecular flexibility index (Phi) is 3.19. The lowest BCUT2D eigenvalue weighted by atomic mass is 9.94. The molecule has 0 spiro atoms. The zero-order valence-electron chi connectivity index (χ0n) is 11.1. The Hall–Kier alpha value is -1.91. The van der Waals surface area contributed by atoms with E-state index in [-0.39, 0.29) is 0 Å². The molecule has 1 aliphatic rings. The van der Waals surface area contributed by atoms with Gasteiger partial charge in [0.25, 0.3) is 0 Å². The van der Waals surface area contributed by atoms with E-state index in [1.807, 2.05) is 23.1 Å². The summed E-state index contributed by atoms with van der Waals surface area (Å²) in [5.41, 5.74) is 1.99. The standard InChI is InChI=1S/C14H18N4O/c1-2-18-14-12(9-16-18)13(7-8-15-14)17-10-3-5-11(19)6-4-10/h7-10H,2-6H2,1H3,(H,15,17). The van der Waals surface area contributed by atoms with E-state index in [0.29, 0.717) is 24.7 Å². The first-order valence-corrected chi connectivity index (χ1v) is 6.86. The maximum absolute atomic E-state index is 11.3. The Morgan fingerprint density at radius 3 is 2.95 bits per heavy atom. The molecule has 2 aromatic rings. The smallest absolute Gasteiger partial charge is 0.159 e. The molecular weight excluding hydrogens is 240 g/mol. The molecule has 0 atom stereocenters. The van der Waals surface area contributed by atoms with Crippen LogP contribution < -0.4 is 5.32 Å². The van der Waals surface area contributed by atoms with Gasteiger partial charge in [-0.15, -0.1) is 0 Å². The fraction of sp³-hybridized carbons (Fsp3) is 0.500. The fourth-order valence-electron chi connectivity index (χ4n) is 2.64. The van der Waals surface area contributed by atoms with E-state index >= 15 is 0 Å². The Morgan fingerprint density at radius 1 is 1.42 bits per heavy atom. The number of pyridine rings is 1. The van der Waals surface area contributed by atoms with Crippen LogP contribution in [-0.2, 0) is 11.3 Å². The Morgan fingerprint density at radius 2 is 2.21 bits per heavy atom. The molecule has 1 N–H and O–H groups in total. The molecule has 2 heterocycles. The number of nitrogens with one attached hydrogen (secondary N) is 1. The number of aryl methyl sites for hydroxylation is 1. The first-order chi connectivity index (χ1) is 9.28. The SMILES string of the molecule is CCn1ncc2c(NC3CCC(=O)CC3)ccnc21. The Labute approximate surface area is 112 Å². The topological polar surface area (TPSA) is 59.8 Å². The van der Waals surface area contributed by atoms with Gasteiger partial charge in [0.1, 0.15) is 5.78 Å². The quantitative estimate of drug-likeness (QED) is 0.918. The summed E-state index contributed by atoms with van der Waals surface area (Å²) in [7, 11) is 0. The Balaban J connectivity index is 1.84. The van der Waals surface area contributed by atoms with Crippen LogP contribution in [0.15, 0.2) is 18.5 Å². The van der Waals surface area contributed by atoms with Crippen LogP contribution in [0.25, 0.3) is 11.0 Å². The largest absolute Gasteiger partial charge is 0.382 e. The van der Waals surface area contributed by atoms with Crippen molar-refractivity contribution in [1.82, 2.24) is 14.8 Å². The minimum absolute atomic E-state index is 0.383. The minimum Gasteiger partial charge on any atom is -0.382 e. The molecule has 1 saturated carbocycles. The molecule has 0 bridgehead atoms. The normalized spacial score (nSPS) is 17.0. The predicted octanol–water partition coefficient (Wildman–Crippen LogP) is 2.37. The summed E-state index contributed by atoms with van der Waals surface area (Å²) in [5.74, 6) is 0.386. The summed E-state index contributed by atoms with van der Waals surface area (Å²) in [6, 6.07) is 2.37. The number of carbonyl (C=O) groups excluding carboxylic acids is 1. The van der Waals surface area contributed by atoms with Crippen molar-refractivity contribution in [3.05, 3.63) is 18.5 Å². The van der Waals surface area contributed by atoms with Crippen molar-refractivity contribution in [2.45, 2.75) is 45.2 Å². The molecule has 19 heavy (non-hydrogen) atoms. The van der Waals surface area contributed by atoms with E-state index in [4.69, 9.17) is 0 Å². The molecule has 5 heteroatoms. The summed E-state index contributed by atoms with van der Waals surface area (Å²) in [6.45, 7) is 2.87. The molecule has 100 valence electrons. The van der Waals surface area contributed by atoms with E-state index in [9.17, 15) is 4.79 Å². The number of hydrogen-bond donors (Lipinski definition) is 1. The van der Waals surface area contributed by atoms with Crippen molar-refractivity contribution in [2.24, 2.45) is 0 Å². The van der Waals surface area contributed by atoms with Crippen molar-refractivity contribution < 1.29 is 4.79 Å². The summed E-state index contributed by atoms with van der Waals surface area (Å²) in [6.07, 6.45) is 6.91. The number of carbonyl (C=O) groups is 1. The number of hydrogen-bond acceptors (Lipinski definition) is 4. The second-order valence-corrected chi connectivity index (χ2v) is 5.01. The monoisotopic (exact) mass is 258 g/mol. The van der Waals surface area contributed by atoms with Crippen LogP contribution in [0, 0.1) is 0 Å². The van der Waals surface area contributed by atoms with Gasteiger partial charge in [0, 0.05) is 37.3 Å². The van der Waals surface area contributed by atoms with E-state index in [0.717, 1.165) is 36.1 Å². The highest BCUT2D eigenvalue weighted by Gasteiger charge is 2.19. The third-order valence-electron chi connectivity index (χ3n) is 3.74. The van der Waals surface area contributed by atoms with Gasteiger partial charge in [0.2, 0.25) is 0 Å². The molecule has 0 radical (unpaired) electrons. The van der Waals surface area contributed by atoms with Crippen molar-refractivity contribution in [2.75, 3.05) is 5.32 Å². The van der Waals surface area contributed by atoms with Crippen molar-refractivity contribution in [1.29, 1.82) is 0 Å². The number of rotatable bonds is 3. The lowest BCUT2D eigenvalue weighted by Crippen LogP contribution is -2.26. The van der Waals surface area contributed by atoms with Crippen molar-refractivity contribution in [3.63, 3.8) is 0 Å². The van der Waals surface area contributed by atoms with Crippen LogP contribution in [0.2, 0.25) is 0 Å².